The van der Waals surface area contributed by atoms with Gasteiger partial charge in [0.25, 0.3) is 12.3 Å². The Morgan fingerprint density at radius 3 is 2.71 bits per heavy atom. The number of alkyl halides is 2. The molecule has 0 radical (unpaired) electrons. The third kappa shape index (κ3) is 4.12. The summed E-state index contributed by atoms with van der Waals surface area (Å²) < 4.78 is 31.5. The molecule has 2 aromatic rings. The molecule has 1 amide bonds. The summed E-state index contributed by atoms with van der Waals surface area (Å²) in [5.41, 5.74) is -0.859. The lowest BCUT2D eigenvalue weighted by atomic mass is 10.1. The number of aromatic nitrogens is 2. The van der Waals surface area contributed by atoms with Crippen LogP contribution >= 0.6 is 11.8 Å². The van der Waals surface area contributed by atoms with Gasteiger partial charge in [-0.15, -0.1) is 0 Å². The van der Waals surface area contributed by atoms with Crippen LogP contribution in [0.3, 0.4) is 0 Å². The van der Waals surface area contributed by atoms with E-state index in [1.54, 1.807) is 31.5 Å². The zero-order valence-corrected chi connectivity index (χ0v) is 16.0. The number of thioether (sulfide) groups is 1. The van der Waals surface area contributed by atoms with Gasteiger partial charge >= 0.3 is 0 Å². The molecule has 1 aromatic heterocycles. The van der Waals surface area contributed by atoms with Crippen molar-refractivity contribution in [2.24, 2.45) is 5.10 Å². The molecule has 0 bridgehead atoms. The van der Waals surface area contributed by atoms with E-state index >= 15 is 0 Å². The average molecular weight is 408 g/mol. The fraction of sp³-hybridized carbons (Fsp3) is 0.333. The molecule has 10 heteroatoms. The van der Waals surface area contributed by atoms with Gasteiger partial charge in [-0.1, -0.05) is 11.8 Å². The number of benzene rings is 1. The number of nitrogens with zero attached hydrogens (tertiary/aromatic N) is 4. The van der Waals surface area contributed by atoms with Crippen LogP contribution in [0, 0.1) is 0 Å². The van der Waals surface area contributed by atoms with Crippen LogP contribution in [0.4, 0.5) is 8.78 Å². The second kappa shape index (κ2) is 8.19. The molecule has 1 atom stereocenters. The third-order valence-corrected chi connectivity index (χ3v) is 4.93. The minimum absolute atomic E-state index is 0.238. The number of rotatable bonds is 6. The van der Waals surface area contributed by atoms with E-state index in [0.29, 0.717) is 21.6 Å². The molecule has 0 aliphatic carbocycles. The van der Waals surface area contributed by atoms with Crippen LogP contribution in [0.15, 0.2) is 46.8 Å². The molecular weight excluding hydrogens is 390 g/mol. The molecule has 0 saturated carbocycles. The zero-order valence-electron chi connectivity index (χ0n) is 15.2. The highest BCUT2D eigenvalue weighted by Gasteiger charge is 2.50. The summed E-state index contributed by atoms with van der Waals surface area (Å²) in [6.45, 7) is 1.48. The van der Waals surface area contributed by atoms with E-state index in [0.717, 1.165) is 17.3 Å². The number of aliphatic hydroxyl groups is 1. The summed E-state index contributed by atoms with van der Waals surface area (Å²) >= 11 is 0.982. The summed E-state index contributed by atoms with van der Waals surface area (Å²) in [5.74, 6) is -0.271. The number of amides is 1. The molecule has 0 saturated heterocycles. The largest absolute Gasteiger partial charge is 0.497 e. The number of halogens is 2. The number of methoxy groups -OCH3 is 1. The van der Waals surface area contributed by atoms with E-state index in [2.05, 4.69) is 15.1 Å². The van der Waals surface area contributed by atoms with E-state index < -0.39 is 18.1 Å². The number of carbonyl (C=O) groups is 1. The first-order valence-electron chi connectivity index (χ1n) is 8.31. The standard InChI is InChI=1S/C18H18F2N4O3S/c1-11-9-18(26,16(19)20)24(23-11)15(25)10-28-17-21-8-7-14(22-17)12-3-5-13(27-2)6-4-12/h3-8,16,26H,9-10H2,1-2H3/t18-/m1/s1. The number of carbonyl (C=O) groups excluding carboxylic acids is 1. The van der Waals surface area contributed by atoms with E-state index in [1.807, 2.05) is 12.1 Å². The summed E-state index contributed by atoms with van der Waals surface area (Å²) in [4.78, 5) is 20.8. The van der Waals surface area contributed by atoms with Crippen LogP contribution in [0.5, 0.6) is 5.75 Å². The van der Waals surface area contributed by atoms with Crippen molar-refractivity contribution in [1.29, 1.82) is 0 Å². The van der Waals surface area contributed by atoms with Gasteiger partial charge in [-0.25, -0.2) is 18.7 Å². The first-order valence-corrected chi connectivity index (χ1v) is 9.30. The Balaban J connectivity index is 1.70. The Kier molecular flexibility index (Phi) is 5.90. The fourth-order valence-electron chi connectivity index (χ4n) is 2.71. The molecular formula is C18H18F2N4O3S. The van der Waals surface area contributed by atoms with E-state index in [1.165, 1.54) is 6.92 Å². The van der Waals surface area contributed by atoms with Crippen molar-refractivity contribution in [2.45, 2.75) is 30.7 Å². The molecule has 0 spiro atoms. The highest BCUT2D eigenvalue weighted by atomic mass is 32.2. The molecule has 3 rings (SSSR count). The van der Waals surface area contributed by atoms with Crippen molar-refractivity contribution in [2.75, 3.05) is 12.9 Å². The highest BCUT2D eigenvalue weighted by molar-refractivity contribution is 7.99. The number of hydrogen-bond acceptors (Lipinski definition) is 7. The van der Waals surface area contributed by atoms with Gasteiger partial charge in [-0.05, 0) is 37.3 Å². The van der Waals surface area contributed by atoms with Crippen molar-refractivity contribution in [1.82, 2.24) is 15.0 Å². The smallest absolute Gasteiger partial charge is 0.287 e. The van der Waals surface area contributed by atoms with Crippen LogP contribution in [-0.2, 0) is 4.79 Å². The van der Waals surface area contributed by atoms with E-state index in [9.17, 15) is 18.7 Å². The van der Waals surface area contributed by atoms with E-state index in [-0.39, 0.29) is 17.9 Å². The number of hydrazone groups is 1. The van der Waals surface area contributed by atoms with Gasteiger partial charge in [0.05, 0.1) is 18.6 Å². The van der Waals surface area contributed by atoms with Crippen LogP contribution in [-0.4, -0.2) is 56.7 Å². The first kappa shape index (κ1) is 20.2. The molecule has 0 fully saturated rings. The van der Waals surface area contributed by atoms with Gasteiger partial charge in [0, 0.05) is 23.9 Å². The Morgan fingerprint density at radius 1 is 1.36 bits per heavy atom. The van der Waals surface area contributed by atoms with Gasteiger partial charge in [0.2, 0.25) is 5.72 Å². The molecule has 1 N–H and O–H groups in total. The van der Waals surface area contributed by atoms with Crippen LogP contribution in [0.1, 0.15) is 13.3 Å². The predicted octanol–water partition coefficient (Wildman–Crippen LogP) is 2.81. The molecule has 28 heavy (non-hydrogen) atoms. The lowest BCUT2D eigenvalue weighted by molar-refractivity contribution is -0.190. The SMILES string of the molecule is COc1ccc(-c2ccnc(SCC(=O)N3N=C(C)C[C@@]3(O)C(F)F)n2)cc1. The zero-order chi connectivity index (χ0) is 20.3. The lowest BCUT2D eigenvalue weighted by Gasteiger charge is -2.29. The number of hydrogen-bond donors (Lipinski definition) is 1. The van der Waals surface area contributed by atoms with Crippen LogP contribution in [0.2, 0.25) is 0 Å². The van der Waals surface area contributed by atoms with Crippen LogP contribution < -0.4 is 4.74 Å². The second-order valence-electron chi connectivity index (χ2n) is 6.14. The second-order valence-corrected chi connectivity index (χ2v) is 7.08. The molecule has 1 aromatic carbocycles. The van der Waals surface area contributed by atoms with E-state index in [4.69, 9.17) is 4.74 Å². The summed E-state index contributed by atoms with van der Waals surface area (Å²) in [6, 6.07) is 8.99. The highest BCUT2D eigenvalue weighted by Crippen LogP contribution is 2.32. The molecule has 7 nitrogen and oxygen atoms in total. The van der Waals surface area contributed by atoms with Crippen molar-refractivity contribution in [3.8, 4) is 17.0 Å². The van der Waals surface area contributed by atoms with Gasteiger partial charge in [-0.3, -0.25) is 4.79 Å². The molecule has 148 valence electrons. The molecule has 0 unspecified atom stereocenters. The predicted molar refractivity (Wildman–Crippen MR) is 100 cm³/mol. The maximum absolute atomic E-state index is 13.2. The average Bonchev–Trinajstić information content (AvgIpc) is 3.02. The Bertz CT molecular complexity index is 895. The summed E-state index contributed by atoms with van der Waals surface area (Å²) in [5, 5.41) is 14.6. The maximum atomic E-state index is 13.2. The summed E-state index contributed by atoms with van der Waals surface area (Å²) in [6.07, 6.45) is -1.96. The van der Waals surface area contributed by atoms with Gasteiger partial charge in [-0.2, -0.15) is 10.1 Å². The maximum Gasteiger partial charge on any atom is 0.287 e. The van der Waals surface area contributed by atoms with Gasteiger partial charge in [0.1, 0.15) is 5.75 Å². The van der Waals surface area contributed by atoms with Crippen molar-refractivity contribution in [3.63, 3.8) is 0 Å². The Labute approximate surface area is 164 Å². The Hall–Kier alpha value is -2.59. The lowest BCUT2D eigenvalue weighted by Crippen LogP contribution is -2.52. The topological polar surface area (TPSA) is 87.9 Å². The Morgan fingerprint density at radius 2 is 2.07 bits per heavy atom. The molecule has 2 heterocycles. The first-order chi connectivity index (χ1) is 13.3. The minimum Gasteiger partial charge on any atom is -0.497 e. The quantitative estimate of drug-likeness (QED) is 0.584. The summed E-state index contributed by atoms with van der Waals surface area (Å²) in [7, 11) is 1.58. The molecule has 1 aliphatic rings. The minimum atomic E-state index is -3.13. The van der Waals surface area contributed by atoms with Crippen molar-refractivity contribution < 1.29 is 23.4 Å². The van der Waals surface area contributed by atoms with Gasteiger partial charge in [0.15, 0.2) is 5.16 Å². The normalized spacial score (nSPS) is 19.1. The van der Waals surface area contributed by atoms with Crippen molar-refractivity contribution in [3.05, 3.63) is 36.5 Å². The van der Waals surface area contributed by atoms with Crippen LogP contribution in [0.25, 0.3) is 11.3 Å². The number of ether oxygens (including phenoxy) is 1. The molecule has 1 aliphatic heterocycles. The van der Waals surface area contributed by atoms with Gasteiger partial charge < -0.3 is 9.84 Å². The third-order valence-electron chi connectivity index (χ3n) is 4.08. The monoisotopic (exact) mass is 408 g/mol. The fourth-order valence-corrected chi connectivity index (χ4v) is 3.38. The van der Waals surface area contributed by atoms with Crippen molar-refractivity contribution >= 4 is 23.4 Å².